The van der Waals surface area contributed by atoms with Crippen LogP contribution in [0.5, 0.6) is 5.75 Å². The van der Waals surface area contributed by atoms with Gasteiger partial charge in [0.25, 0.3) is 0 Å². The number of hydrogen-bond donors (Lipinski definition) is 1. The van der Waals surface area contributed by atoms with Gasteiger partial charge in [0.2, 0.25) is 0 Å². The third-order valence-electron chi connectivity index (χ3n) is 7.22. The first-order valence-corrected chi connectivity index (χ1v) is 15.8. The first-order valence-electron chi connectivity index (χ1n) is 14.4. The lowest BCUT2D eigenvalue weighted by Gasteiger charge is -2.24. The fourth-order valence-corrected chi connectivity index (χ4v) is 6.16. The monoisotopic (exact) mass is 613 g/mol. The first kappa shape index (κ1) is 30.8. The number of alkyl carbamates (subject to hydrolysis) is 1. The van der Waals surface area contributed by atoms with Gasteiger partial charge in [0.05, 0.1) is 5.92 Å². The Bertz CT molecular complexity index is 1680. The number of esters is 1. The number of benzene rings is 4. The Hall–Kier alpha value is -4.63. The van der Waals surface area contributed by atoms with E-state index in [4.69, 9.17) is 13.7 Å². The van der Waals surface area contributed by atoms with Crippen molar-refractivity contribution in [3.05, 3.63) is 120 Å². The minimum Gasteiger partial charge on any atom is -0.460 e. The predicted octanol–water partition coefficient (Wildman–Crippen LogP) is 6.49. The highest BCUT2D eigenvalue weighted by Gasteiger charge is 2.30. The average molecular weight is 614 g/mol. The van der Waals surface area contributed by atoms with Crippen LogP contribution < -0.4 is 9.50 Å². The molecule has 5 rings (SSSR count). The number of hydrogen-bond acceptors (Lipinski definition) is 7. The van der Waals surface area contributed by atoms with E-state index in [9.17, 15) is 18.0 Å². The van der Waals surface area contributed by atoms with E-state index >= 15 is 0 Å². The summed E-state index contributed by atoms with van der Waals surface area (Å²) in [5.41, 5.74) is 4.50. The molecule has 0 heterocycles. The van der Waals surface area contributed by atoms with Gasteiger partial charge in [-0.3, -0.25) is 4.79 Å². The van der Waals surface area contributed by atoms with Crippen molar-refractivity contribution in [2.45, 2.75) is 43.6 Å². The maximum absolute atomic E-state index is 13.1. The van der Waals surface area contributed by atoms with Crippen molar-refractivity contribution in [2.24, 2.45) is 5.92 Å². The molecule has 0 saturated carbocycles. The van der Waals surface area contributed by atoms with Crippen molar-refractivity contribution < 1.29 is 31.7 Å². The van der Waals surface area contributed by atoms with Gasteiger partial charge in [0.15, 0.2) is 0 Å². The highest BCUT2D eigenvalue weighted by molar-refractivity contribution is 7.87. The number of carbonyl (C=O) groups excluding carboxylic acids is 2. The fourth-order valence-electron chi connectivity index (χ4n) is 5.21. The maximum Gasteiger partial charge on any atom is 0.407 e. The topological polar surface area (TPSA) is 108 Å². The van der Waals surface area contributed by atoms with Crippen LogP contribution in [0.25, 0.3) is 11.1 Å². The number of carbonyl (C=O) groups is 2. The third-order valence-corrected chi connectivity index (χ3v) is 8.48. The van der Waals surface area contributed by atoms with E-state index in [1.165, 1.54) is 24.3 Å². The molecular formula is C35H35NO7S. The van der Waals surface area contributed by atoms with Gasteiger partial charge < -0.3 is 19.0 Å². The van der Waals surface area contributed by atoms with Crippen LogP contribution in [0.4, 0.5) is 4.79 Å². The zero-order valence-corrected chi connectivity index (χ0v) is 25.7. The molecule has 1 aliphatic carbocycles. The second kappa shape index (κ2) is 12.9. The molecule has 1 N–H and O–H groups in total. The highest BCUT2D eigenvalue weighted by atomic mass is 32.2. The van der Waals surface area contributed by atoms with Crippen molar-refractivity contribution in [2.75, 3.05) is 13.2 Å². The summed E-state index contributed by atoms with van der Waals surface area (Å²) in [4.78, 5) is 26.0. The summed E-state index contributed by atoms with van der Waals surface area (Å²) in [6, 6.07) is 30.5. The van der Waals surface area contributed by atoms with Gasteiger partial charge >= 0.3 is 22.2 Å². The van der Waals surface area contributed by atoms with Crippen molar-refractivity contribution in [3.63, 3.8) is 0 Å². The average Bonchev–Trinajstić information content (AvgIpc) is 3.32. The second-order valence-corrected chi connectivity index (χ2v) is 13.2. The number of rotatable bonds is 10. The molecule has 9 heteroatoms. The molecule has 0 fully saturated rings. The lowest BCUT2D eigenvalue weighted by Crippen LogP contribution is -2.38. The van der Waals surface area contributed by atoms with Gasteiger partial charge in [-0.2, -0.15) is 8.42 Å². The summed E-state index contributed by atoms with van der Waals surface area (Å²) in [7, 11) is -3.98. The van der Waals surface area contributed by atoms with E-state index in [1.54, 1.807) is 51.1 Å². The summed E-state index contributed by atoms with van der Waals surface area (Å²) in [6.45, 7) is 5.48. The highest BCUT2D eigenvalue weighted by Crippen LogP contribution is 2.44. The van der Waals surface area contributed by atoms with Gasteiger partial charge in [-0.05, 0) is 79.3 Å². The van der Waals surface area contributed by atoms with E-state index < -0.39 is 33.7 Å². The molecule has 0 aliphatic heterocycles. The standard InChI is InChI=1S/C35H35NO7S/c1-35(2,3)42-33(37)25(21-24-17-19-26(20-18-24)43-44(39,40)27-11-5-4-6-12-27)22-36-34(38)41-23-32-30-15-9-7-13-28(30)29-14-8-10-16-31(29)32/h4-20,25,32H,21-23H2,1-3H3,(H,36,38). The molecule has 0 radical (unpaired) electrons. The predicted molar refractivity (Wildman–Crippen MR) is 167 cm³/mol. The number of fused-ring (bicyclic) bond motifs is 3. The Balaban J connectivity index is 1.22. The van der Waals surface area contributed by atoms with E-state index in [0.717, 1.165) is 27.8 Å². The molecule has 1 aliphatic rings. The Morgan fingerprint density at radius 1 is 0.795 bits per heavy atom. The van der Waals surface area contributed by atoms with Crippen LogP contribution in [-0.2, 0) is 30.8 Å². The van der Waals surface area contributed by atoms with Crippen LogP contribution >= 0.6 is 0 Å². The van der Waals surface area contributed by atoms with Gasteiger partial charge in [-0.25, -0.2) is 4.79 Å². The zero-order chi connectivity index (χ0) is 31.3. The van der Waals surface area contributed by atoms with Crippen LogP contribution in [-0.4, -0.2) is 39.2 Å². The first-order chi connectivity index (χ1) is 21.0. The fraction of sp³-hybridized carbons (Fsp3) is 0.257. The summed E-state index contributed by atoms with van der Waals surface area (Å²) < 4.78 is 41.6. The largest absolute Gasteiger partial charge is 0.460 e. The van der Waals surface area contributed by atoms with E-state index in [1.807, 2.05) is 36.4 Å². The van der Waals surface area contributed by atoms with Gasteiger partial charge in [-0.1, -0.05) is 78.9 Å². The Labute approximate surface area is 258 Å². The molecular weight excluding hydrogens is 578 g/mol. The Kier molecular flexibility index (Phi) is 9.06. The summed E-state index contributed by atoms with van der Waals surface area (Å²) >= 11 is 0. The molecule has 4 aromatic carbocycles. The molecule has 8 nitrogen and oxygen atoms in total. The maximum atomic E-state index is 13.1. The molecule has 0 bridgehead atoms. The van der Waals surface area contributed by atoms with Gasteiger partial charge in [0.1, 0.15) is 22.9 Å². The summed E-state index contributed by atoms with van der Waals surface area (Å²) in [6.07, 6.45) is -0.389. The molecule has 0 aromatic heterocycles. The van der Waals surface area contributed by atoms with E-state index in [2.05, 4.69) is 17.4 Å². The Morgan fingerprint density at radius 3 is 1.95 bits per heavy atom. The summed E-state index contributed by atoms with van der Waals surface area (Å²) in [5.74, 6) is -1.12. The smallest absolute Gasteiger partial charge is 0.407 e. The second-order valence-electron chi connectivity index (χ2n) is 11.6. The quantitative estimate of drug-likeness (QED) is 0.161. The van der Waals surface area contributed by atoms with Crippen molar-refractivity contribution in [3.8, 4) is 16.9 Å². The minimum absolute atomic E-state index is 0.00771. The molecule has 0 spiro atoms. The van der Waals surface area contributed by atoms with E-state index in [-0.39, 0.29) is 36.1 Å². The molecule has 0 saturated heterocycles. The Morgan fingerprint density at radius 2 is 1.36 bits per heavy atom. The van der Waals surface area contributed by atoms with Gasteiger partial charge in [-0.15, -0.1) is 0 Å². The SMILES string of the molecule is CC(C)(C)OC(=O)C(CNC(=O)OCC1c2ccccc2-c2ccccc21)Cc1ccc(OS(=O)(=O)c2ccccc2)cc1. The number of amides is 1. The molecule has 1 unspecified atom stereocenters. The van der Waals surface area contributed by atoms with Crippen LogP contribution in [0.1, 0.15) is 43.4 Å². The molecule has 4 aromatic rings. The van der Waals surface area contributed by atoms with Crippen molar-refractivity contribution in [1.82, 2.24) is 5.32 Å². The van der Waals surface area contributed by atoms with Crippen LogP contribution in [0, 0.1) is 5.92 Å². The van der Waals surface area contributed by atoms with Crippen LogP contribution in [0.15, 0.2) is 108 Å². The normalized spacial score (nSPS) is 13.3. The minimum atomic E-state index is -3.98. The lowest BCUT2D eigenvalue weighted by molar-refractivity contribution is -0.159. The molecule has 1 atom stereocenters. The van der Waals surface area contributed by atoms with Crippen molar-refractivity contribution in [1.29, 1.82) is 0 Å². The number of ether oxygens (including phenoxy) is 2. The molecule has 1 amide bonds. The van der Waals surface area contributed by atoms with Crippen molar-refractivity contribution >= 4 is 22.2 Å². The van der Waals surface area contributed by atoms with Gasteiger partial charge in [0, 0.05) is 12.5 Å². The number of nitrogens with one attached hydrogen (secondary N) is 1. The third kappa shape index (κ3) is 7.47. The zero-order valence-electron chi connectivity index (χ0n) is 24.9. The lowest BCUT2D eigenvalue weighted by atomic mass is 9.98. The molecule has 44 heavy (non-hydrogen) atoms. The van der Waals surface area contributed by atoms with E-state index in [0.29, 0.717) is 0 Å². The van der Waals surface area contributed by atoms with Crippen LogP contribution in [0.3, 0.4) is 0 Å². The summed E-state index contributed by atoms with van der Waals surface area (Å²) in [5, 5.41) is 2.74. The molecule has 228 valence electrons. The van der Waals surface area contributed by atoms with Crippen LogP contribution in [0.2, 0.25) is 0 Å².